The summed E-state index contributed by atoms with van der Waals surface area (Å²) in [5.41, 5.74) is -0.812. The van der Waals surface area contributed by atoms with Gasteiger partial charge in [0.15, 0.2) is 4.34 Å². The highest BCUT2D eigenvalue weighted by molar-refractivity contribution is 8.01. The molecular formula is C11H5F3N2S2. The van der Waals surface area contributed by atoms with Crippen LogP contribution in [0.3, 0.4) is 0 Å². The molecule has 0 saturated heterocycles. The number of alkyl halides is 3. The van der Waals surface area contributed by atoms with Crippen molar-refractivity contribution in [1.82, 2.24) is 4.98 Å². The molecule has 0 amide bonds. The minimum atomic E-state index is -4.43. The quantitative estimate of drug-likeness (QED) is 0.830. The van der Waals surface area contributed by atoms with Crippen molar-refractivity contribution in [1.29, 1.82) is 5.26 Å². The first kappa shape index (κ1) is 12.9. The zero-order chi connectivity index (χ0) is 13.2. The molecule has 2 nitrogen and oxygen atoms in total. The van der Waals surface area contributed by atoms with Crippen LogP contribution < -0.4 is 0 Å². The molecular weight excluding hydrogens is 281 g/mol. The second-order valence-electron chi connectivity index (χ2n) is 3.22. The van der Waals surface area contributed by atoms with Crippen LogP contribution in [0.25, 0.3) is 0 Å². The molecule has 0 saturated carbocycles. The molecule has 7 heteroatoms. The highest BCUT2D eigenvalue weighted by Gasteiger charge is 2.31. The van der Waals surface area contributed by atoms with Gasteiger partial charge in [0.25, 0.3) is 0 Å². The van der Waals surface area contributed by atoms with E-state index in [0.29, 0.717) is 9.24 Å². The third-order valence-electron chi connectivity index (χ3n) is 2.03. The van der Waals surface area contributed by atoms with Gasteiger partial charge in [0.1, 0.15) is 6.07 Å². The predicted octanol–water partition coefficient (Wildman–Crippen LogP) is 4.18. The summed E-state index contributed by atoms with van der Waals surface area (Å²) < 4.78 is 38.1. The third-order valence-corrected chi connectivity index (χ3v) is 3.99. The number of nitriles is 1. The fourth-order valence-corrected chi connectivity index (χ4v) is 2.88. The van der Waals surface area contributed by atoms with Gasteiger partial charge in [-0.1, -0.05) is 11.8 Å². The van der Waals surface area contributed by atoms with E-state index in [9.17, 15) is 13.2 Å². The van der Waals surface area contributed by atoms with Crippen molar-refractivity contribution in [3.63, 3.8) is 0 Å². The van der Waals surface area contributed by atoms with E-state index in [4.69, 9.17) is 5.26 Å². The summed E-state index contributed by atoms with van der Waals surface area (Å²) in [6.45, 7) is 0. The van der Waals surface area contributed by atoms with E-state index in [2.05, 4.69) is 4.98 Å². The Labute approximate surface area is 109 Å². The first-order valence-electron chi connectivity index (χ1n) is 4.69. The van der Waals surface area contributed by atoms with Crippen LogP contribution in [0.5, 0.6) is 0 Å². The van der Waals surface area contributed by atoms with Crippen LogP contribution in [0.4, 0.5) is 13.2 Å². The molecule has 2 rings (SSSR count). The minimum absolute atomic E-state index is 0.00465. The molecule has 2 aromatic rings. The number of hydrogen-bond acceptors (Lipinski definition) is 4. The SMILES string of the molecule is N#Cc1cc(C(F)(F)F)ccc1Sc1nccs1. The first-order chi connectivity index (χ1) is 8.50. The lowest BCUT2D eigenvalue weighted by atomic mass is 10.1. The average molecular weight is 286 g/mol. The molecule has 1 aromatic carbocycles. The molecule has 92 valence electrons. The Balaban J connectivity index is 2.36. The topological polar surface area (TPSA) is 36.7 Å². The van der Waals surface area contributed by atoms with Gasteiger partial charge in [0, 0.05) is 16.5 Å². The van der Waals surface area contributed by atoms with Crippen LogP contribution in [0, 0.1) is 11.3 Å². The molecule has 1 heterocycles. The third kappa shape index (κ3) is 2.83. The van der Waals surface area contributed by atoms with Crippen molar-refractivity contribution in [3.8, 4) is 6.07 Å². The maximum Gasteiger partial charge on any atom is 0.416 e. The molecule has 0 fully saturated rings. The van der Waals surface area contributed by atoms with E-state index in [0.717, 1.165) is 12.1 Å². The second kappa shape index (κ2) is 5.00. The number of thiazole rings is 1. The Hall–Kier alpha value is -1.52. The van der Waals surface area contributed by atoms with E-state index >= 15 is 0 Å². The lowest BCUT2D eigenvalue weighted by Gasteiger charge is -2.08. The summed E-state index contributed by atoms with van der Waals surface area (Å²) in [7, 11) is 0. The fraction of sp³-hybridized carbons (Fsp3) is 0.0909. The Bertz CT molecular complexity index is 585. The second-order valence-corrected chi connectivity index (χ2v) is 5.40. The van der Waals surface area contributed by atoms with Gasteiger partial charge in [0.2, 0.25) is 0 Å². The molecule has 18 heavy (non-hydrogen) atoms. The van der Waals surface area contributed by atoms with E-state index in [1.54, 1.807) is 17.6 Å². The Morgan fingerprint density at radius 1 is 1.33 bits per heavy atom. The van der Waals surface area contributed by atoms with Crippen molar-refractivity contribution < 1.29 is 13.2 Å². The summed E-state index contributed by atoms with van der Waals surface area (Å²) >= 11 is 2.55. The number of nitrogens with zero attached hydrogens (tertiary/aromatic N) is 2. The molecule has 0 unspecified atom stereocenters. The fourth-order valence-electron chi connectivity index (χ4n) is 1.24. The lowest BCUT2D eigenvalue weighted by molar-refractivity contribution is -0.137. The van der Waals surface area contributed by atoms with E-state index in [1.165, 1.54) is 29.2 Å². The van der Waals surface area contributed by atoms with Crippen molar-refractivity contribution in [2.75, 3.05) is 0 Å². The highest BCUT2D eigenvalue weighted by atomic mass is 32.2. The number of halogens is 3. The van der Waals surface area contributed by atoms with Crippen LogP contribution in [0.1, 0.15) is 11.1 Å². The maximum absolute atomic E-state index is 12.5. The van der Waals surface area contributed by atoms with Gasteiger partial charge in [-0.3, -0.25) is 0 Å². The van der Waals surface area contributed by atoms with Gasteiger partial charge >= 0.3 is 6.18 Å². The van der Waals surface area contributed by atoms with Crippen LogP contribution in [-0.4, -0.2) is 4.98 Å². The Morgan fingerprint density at radius 3 is 2.67 bits per heavy atom. The monoisotopic (exact) mass is 286 g/mol. The summed E-state index contributed by atoms with van der Waals surface area (Å²) in [6.07, 6.45) is -2.83. The zero-order valence-corrected chi connectivity index (χ0v) is 10.4. The standard InChI is InChI=1S/C11H5F3N2S2/c12-11(13,14)8-1-2-9(7(5-8)6-15)18-10-16-3-4-17-10/h1-5H. The molecule has 0 radical (unpaired) electrons. The van der Waals surface area contributed by atoms with Gasteiger partial charge < -0.3 is 0 Å². The maximum atomic E-state index is 12.5. The molecule has 0 aliphatic heterocycles. The van der Waals surface area contributed by atoms with Gasteiger partial charge in [0.05, 0.1) is 11.1 Å². The molecule has 0 bridgehead atoms. The van der Waals surface area contributed by atoms with Crippen molar-refractivity contribution in [2.24, 2.45) is 0 Å². The van der Waals surface area contributed by atoms with Crippen molar-refractivity contribution >= 4 is 23.1 Å². The molecule has 0 spiro atoms. The Morgan fingerprint density at radius 2 is 2.11 bits per heavy atom. The van der Waals surface area contributed by atoms with Gasteiger partial charge in [-0.25, -0.2) is 4.98 Å². The summed E-state index contributed by atoms with van der Waals surface area (Å²) in [4.78, 5) is 4.48. The van der Waals surface area contributed by atoms with Crippen molar-refractivity contribution in [3.05, 3.63) is 40.9 Å². The summed E-state index contributed by atoms with van der Waals surface area (Å²) in [5.74, 6) is 0. The zero-order valence-electron chi connectivity index (χ0n) is 8.73. The number of rotatable bonds is 2. The number of aromatic nitrogens is 1. The number of benzene rings is 1. The van der Waals surface area contributed by atoms with E-state index in [1.807, 2.05) is 0 Å². The largest absolute Gasteiger partial charge is 0.416 e. The van der Waals surface area contributed by atoms with Crippen LogP contribution >= 0.6 is 23.1 Å². The molecule has 0 N–H and O–H groups in total. The number of hydrogen-bond donors (Lipinski definition) is 0. The van der Waals surface area contributed by atoms with Crippen LogP contribution in [-0.2, 0) is 6.18 Å². The summed E-state index contributed by atoms with van der Waals surface area (Å²) in [6, 6.07) is 4.90. The lowest BCUT2D eigenvalue weighted by Crippen LogP contribution is -2.05. The Kier molecular flexibility index (Phi) is 3.59. The van der Waals surface area contributed by atoms with Gasteiger partial charge in [-0.05, 0) is 18.2 Å². The normalized spacial score (nSPS) is 11.2. The molecule has 0 aliphatic rings. The molecule has 0 atom stereocenters. The predicted molar refractivity (Wildman–Crippen MR) is 62.4 cm³/mol. The van der Waals surface area contributed by atoms with Gasteiger partial charge in [-0.2, -0.15) is 18.4 Å². The summed E-state index contributed by atoms with van der Waals surface area (Å²) in [5, 5.41) is 10.7. The average Bonchev–Trinajstić information content (AvgIpc) is 2.81. The van der Waals surface area contributed by atoms with E-state index in [-0.39, 0.29) is 5.56 Å². The molecule has 0 aliphatic carbocycles. The highest BCUT2D eigenvalue weighted by Crippen LogP contribution is 2.35. The van der Waals surface area contributed by atoms with Crippen LogP contribution in [0.2, 0.25) is 0 Å². The molecule has 1 aromatic heterocycles. The van der Waals surface area contributed by atoms with Gasteiger partial charge in [-0.15, -0.1) is 11.3 Å². The smallest absolute Gasteiger partial charge is 0.238 e. The first-order valence-corrected chi connectivity index (χ1v) is 6.39. The van der Waals surface area contributed by atoms with Crippen LogP contribution in [0.15, 0.2) is 39.0 Å². The van der Waals surface area contributed by atoms with E-state index < -0.39 is 11.7 Å². The minimum Gasteiger partial charge on any atom is -0.238 e. The van der Waals surface area contributed by atoms with Crippen molar-refractivity contribution in [2.45, 2.75) is 15.4 Å².